The molecule has 0 radical (unpaired) electrons. The number of nitrogens with zero attached hydrogens (tertiary/aromatic N) is 3. The number of hydrogen-bond acceptors (Lipinski definition) is 6. The summed E-state index contributed by atoms with van der Waals surface area (Å²) in [7, 11) is 0. The van der Waals surface area contributed by atoms with E-state index >= 15 is 0 Å². The van der Waals surface area contributed by atoms with E-state index in [1.165, 1.54) is 0 Å². The van der Waals surface area contributed by atoms with Gasteiger partial charge < -0.3 is 10.2 Å². The van der Waals surface area contributed by atoms with Crippen LogP contribution in [0.3, 0.4) is 0 Å². The average Bonchev–Trinajstić information content (AvgIpc) is 3.29. The Morgan fingerprint density at radius 2 is 2.20 bits per heavy atom. The second-order valence-corrected chi connectivity index (χ2v) is 7.59. The molecule has 132 valence electrons. The number of carbonyl (C=O) groups is 2. The summed E-state index contributed by atoms with van der Waals surface area (Å²) in [6, 6.07) is 1.97. The lowest BCUT2D eigenvalue weighted by atomic mass is 9.96. The molecular formula is C17H20N4O2S2. The van der Waals surface area contributed by atoms with Gasteiger partial charge in [-0.3, -0.25) is 9.59 Å². The smallest absolute Gasteiger partial charge is 0.267 e. The highest BCUT2D eigenvalue weighted by Gasteiger charge is 2.26. The number of aromatic nitrogens is 2. The van der Waals surface area contributed by atoms with Gasteiger partial charge in [0.1, 0.15) is 4.88 Å². The van der Waals surface area contributed by atoms with Gasteiger partial charge in [-0.2, -0.15) is 11.3 Å². The van der Waals surface area contributed by atoms with E-state index in [0.29, 0.717) is 36.1 Å². The Hall–Kier alpha value is -2.06. The van der Waals surface area contributed by atoms with Gasteiger partial charge in [0, 0.05) is 25.7 Å². The zero-order chi connectivity index (χ0) is 17.6. The molecule has 2 aromatic rings. The molecule has 0 bridgehead atoms. The van der Waals surface area contributed by atoms with Crippen LogP contribution in [0.2, 0.25) is 0 Å². The monoisotopic (exact) mass is 376 g/mol. The highest BCUT2D eigenvalue weighted by Crippen LogP contribution is 2.20. The fraction of sp³-hybridized carbons (Fsp3) is 0.412. The van der Waals surface area contributed by atoms with Crippen LogP contribution < -0.4 is 5.32 Å². The van der Waals surface area contributed by atoms with E-state index in [4.69, 9.17) is 0 Å². The van der Waals surface area contributed by atoms with E-state index < -0.39 is 0 Å². The van der Waals surface area contributed by atoms with Crippen molar-refractivity contribution in [3.05, 3.63) is 39.0 Å². The number of amides is 2. The molecule has 0 unspecified atom stereocenters. The topological polar surface area (TPSA) is 75.2 Å². The minimum Gasteiger partial charge on any atom is -0.352 e. The number of rotatable bonds is 5. The summed E-state index contributed by atoms with van der Waals surface area (Å²) in [5, 5.41) is 10.8. The minimum absolute atomic E-state index is 0.0219. The molecular weight excluding hydrogens is 356 g/mol. The molecule has 0 spiro atoms. The summed E-state index contributed by atoms with van der Waals surface area (Å²) in [6.45, 7) is 3.88. The van der Waals surface area contributed by atoms with E-state index in [1.807, 2.05) is 34.7 Å². The molecule has 0 aliphatic carbocycles. The van der Waals surface area contributed by atoms with Crippen molar-refractivity contribution in [1.29, 1.82) is 0 Å². The lowest BCUT2D eigenvalue weighted by Crippen LogP contribution is -2.41. The van der Waals surface area contributed by atoms with E-state index in [-0.39, 0.29) is 11.8 Å². The van der Waals surface area contributed by atoms with Crippen LogP contribution in [0.25, 0.3) is 6.08 Å². The molecule has 1 fully saturated rings. The SMILES string of the molecule is Cc1nnsc1C(=O)N1CCC(CNC(=O)/C=C/c2ccsc2)CC1. The Morgan fingerprint density at radius 1 is 1.40 bits per heavy atom. The van der Waals surface area contributed by atoms with Gasteiger partial charge in [-0.15, -0.1) is 5.10 Å². The van der Waals surface area contributed by atoms with Gasteiger partial charge in [0.25, 0.3) is 5.91 Å². The first kappa shape index (κ1) is 17.8. The fourth-order valence-electron chi connectivity index (χ4n) is 2.76. The molecule has 0 aromatic carbocycles. The molecule has 0 saturated carbocycles. The third kappa shape index (κ3) is 4.73. The van der Waals surface area contributed by atoms with Crippen molar-refractivity contribution < 1.29 is 9.59 Å². The Bertz CT molecular complexity index is 747. The predicted octanol–water partition coefficient (Wildman–Crippen LogP) is 2.59. The van der Waals surface area contributed by atoms with E-state index in [9.17, 15) is 9.59 Å². The number of aryl methyl sites for hydroxylation is 1. The standard InChI is InChI=1S/C17H20N4O2S2/c1-12-16(25-20-19-12)17(23)21-7-4-13(5-8-21)10-18-15(22)3-2-14-6-9-24-11-14/h2-3,6,9,11,13H,4-5,7-8,10H2,1H3,(H,18,22)/b3-2+. The molecule has 2 amide bonds. The van der Waals surface area contributed by atoms with Crippen LogP contribution in [-0.2, 0) is 4.79 Å². The van der Waals surface area contributed by atoms with Gasteiger partial charge in [0.15, 0.2) is 0 Å². The predicted molar refractivity (Wildman–Crippen MR) is 99.6 cm³/mol. The highest BCUT2D eigenvalue weighted by molar-refractivity contribution is 7.08. The van der Waals surface area contributed by atoms with E-state index in [2.05, 4.69) is 14.9 Å². The Labute approximate surface area is 154 Å². The first-order chi connectivity index (χ1) is 12.1. The Morgan fingerprint density at radius 3 is 2.84 bits per heavy atom. The lowest BCUT2D eigenvalue weighted by Gasteiger charge is -2.31. The maximum absolute atomic E-state index is 12.4. The van der Waals surface area contributed by atoms with Gasteiger partial charge >= 0.3 is 0 Å². The van der Waals surface area contributed by atoms with Crippen LogP contribution in [0, 0.1) is 12.8 Å². The number of thiophene rings is 1. The van der Waals surface area contributed by atoms with Crippen molar-refractivity contribution in [3.63, 3.8) is 0 Å². The quantitative estimate of drug-likeness (QED) is 0.814. The van der Waals surface area contributed by atoms with E-state index in [0.717, 1.165) is 29.9 Å². The summed E-state index contributed by atoms with van der Waals surface area (Å²) >= 11 is 2.76. The summed E-state index contributed by atoms with van der Waals surface area (Å²) in [5.41, 5.74) is 1.74. The van der Waals surface area contributed by atoms with Crippen molar-refractivity contribution in [1.82, 2.24) is 19.8 Å². The van der Waals surface area contributed by atoms with Crippen molar-refractivity contribution in [2.24, 2.45) is 5.92 Å². The lowest BCUT2D eigenvalue weighted by molar-refractivity contribution is -0.116. The molecule has 1 N–H and O–H groups in total. The number of piperidine rings is 1. The van der Waals surface area contributed by atoms with Crippen LogP contribution in [0.15, 0.2) is 22.9 Å². The highest BCUT2D eigenvalue weighted by atomic mass is 32.1. The number of carbonyl (C=O) groups excluding carboxylic acids is 2. The fourth-order valence-corrected chi connectivity index (χ4v) is 4.01. The Balaban J connectivity index is 1.41. The summed E-state index contributed by atoms with van der Waals surface area (Å²) in [6.07, 6.45) is 5.18. The molecule has 1 aliphatic rings. The summed E-state index contributed by atoms with van der Waals surface area (Å²) < 4.78 is 3.83. The molecule has 6 nitrogen and oxygen atoms in total. The second kappa shape index (κ2) is 8.35. The van der Waals surface area contributed by atoms with Crippen molar-refractivity contribution in [2.75, 3.05) is 19.6 Å². The van der Waals surface area contributed by atoms with Gasteiger partial charge in [-0.25, -0.2) is 0 Å². The average molecular weight is 377 g/mol. The first-order valence-corrected chi connectivity index (χ1v) is 9.91. The normalized spacial score (nSPS) is 15.6. The van der Waals surface area contributed by atoms with Crippen molar-refractivity contribution >= 4 is 40.8 Å². The molecule has 3 rings (SSSR count). The maximum atomic E-state index is 12.4. The van der Waals surface area contributed by atoms with Crippen LogP contribution in [0.5, 0.6) is 0 Å². The molecule has 2 aromatic heterocycles. The Kier molecular flexibility index (Phi) is 5.93. The molecule has 0 atom stereocenters. The van der Waals surface area contributed by atoms with Gasteiger partial charge in [0.05, 0.1) is 5.69 Å². The largest absolute Gasteiger partial charge is 0.352 e. The third-order valence-electron chi connectivity index (χ3n) is 4.28. The van der Waals surface area contributed by atoms with Crippen molar-refractivity contribution in [3.8, 4) is 0 Å². The maximum Gasteiger partial charge on any atom is 0.267 e. The van der Waals surface area contributed by atoms with Crippen molar-refractivity contribution in [2.45, 2.75) is 19.8 Å². The van der Waals surface area contributed by atoms with Gasteiger partial charge in [-0.05, 0) is 65.7 Å². The number of likely N-dealkylation sites (tertiary alicyclic amines) is 1. The third-order valence-corrected chi connectivity index (χ3v) is 5.80. The van der Waals surface area contributed by atoms with Crippen LogP contribution in [-0.4, -0.2) is 45.9 Å². The number of hydrogen-bond donors (Lipinski definition) is 1. The van der Waals surface area contributed by atoms with Crippen LogP contribution >= 0.6 is 22.9 Å². The van der Waals surface area contributed by atoms with Crippen LogP contribution in [0.4, 0.5) is 0 Å². The number of nitrogens with one attached hydrogen (secondary N) is 1. The second-order valence-electron chi connectivity index (χ2n) is 6.06. The first-order valence-electron chi connectivity index (χ1n) is 8.20. The summed E-state index contributed by atoms with van der Waals surface area (Å²) in [5.74, 6) is 0.355. The molecule has 1 saturated heterocycles. The van der Waals surface area contributed by atoms with E-state index in [1.54, 1.807) is 17.4 Å². The minimum atomic E-state index is -0.0731. The van der Waals surface area contributed by atoms with Gasteiger partial charge in [0.2, 0.25) is 5.91 Å². The molecule has 25 heavy (non-hydrogen) atoms. The van der Waals surface area contributed by atoms with Gasteiger partial charge in [-0.1, -0.05) is 4.49 Å². The molecule has 3 heterocycles. The summed E-state index contributed by atoms with van der Waals surface area (Å²) in [4.78, 5) is 26.8. The molecule has 8 heteroatoms. The van der Waals surface area contributed by atoms with Crippen LogP contribution in [0.1, 0.15) is 33.8 Å². The molecule has 1 aliphatic heterocycles. The zero-order valence-electron chi connectivity index (χ0n) is 14.0. The zero-order valence-corrected chi connectivity index (χ0v) is 15.6.